The monoisotopic (exact) mass is 362 g/mol. The van der Waals surface area contributed by atoms with E-state index in [-0.39, 0.29) is 11.7 Å². The zero-order valence-electron chi connectivity index (χ0n) is 14.7. The third-order valence-electron chi connectivity index (χ3n) is 4.54. The summed E-state index contributed by atoms with van der Waals surface area (Å²) < 4.78 is 15.9. The lowest BCUT2D eigenvalue weighted by Gasteiger charge is -2.08. The van der Waals surface area contributed by atoms with Gasteiger partial charge in [0.25, 0.3) is 0 Å². The van der Waals surface area contributed by atoms with Gasteiger partial charge in [-0.15, -0.1) is 0 Å². The third kappa shape index (κ3) is 3.89. The van der Waals surface area contributed by atoms with Crippen molar-refractivity contribution in [3.8, 4) is 5.69 Å². The van der Waals surface area contributed by atoms with Crippen molar-refractivity contribution in [1.82, 2.24) is 19.9 Å². The zero-order valence-corrected chi connectivity index (χ0v) is 14.7. The molecule has 0 bridgehead atoms. The van der Waals surface area contributed by atoms with E-state index in [1.54, 1.807) is 35.4 Å². The molecule has 4 aromatic rings. The number of imidazole rings is 1. The first-order chi connectivity index (χ1) is 13.2. The van der Waals surface area contributed by atoms with Gasteiger partial charge in [-0.2, -0.15) is 0 Å². The SMILES string of the molecule is O=C(CCc1ccc2[nH]ccc2c1)NCc1ccc(-n2ccnc2)c(F)c1. The molecule has 27 heavy (non-hydrogen) atoms. The first-order valence-electron chi connectivity index (χ1n) is 8.78. The summed E-state index contributed by atoms with van der Waals surface area (Å²) in [5, 5.41) is 3.99. The number of fused-ring (bicyclic) bond motifs is 1. The van der Waals surface area contributed by atoms with Crippen LogP contribution in [-0.2, 0) is 17.8 Å². The van der Waals surface area contributed by atoms with Crippen LogP contribution < -0.4 is 5.32 Å². The Hall–Kier alpha value is -3.41. The number of nitrogens with zero attached hydrogens (tertiary/aromatic N) is 2. The first-order valence-corrected chi connectivity index (χ1v) is 8.78. The van der Waals surface area contributed by atoms with Crippen molar-refractivity contribution in [3.05, 3.63) is 84.3 Å². The van der Waals surface area contributed by atoms with E-state index in [0.717, 1.165) is 22.0 Å². The van der Waals surface area contributed by atoms with Gasteiger partial charge in [0.05, 0.1) is 12.0 Å². The summed E-state index contributed by atoms with van der Waals surface area (Å²) in [6, 6.07) is 13.1. The average molecular weight is 362 g/mol. The van der Waals surface area contributed by atoms with E-state index in [9.17, 15) is 9.18 Å². The van der Waals surface area contributed by atoms with Crippen molar-refractivity contribution in [2.45, 2.75) is 19.4 Å². The van der Waals surface area contributed by atoms with Crippen molar-refractivity contribution in [2.75, 3.05) is 0 Å². The van der Waals surface area contributed by atoms with E-state index >= 15 is 0 Å². The Balaban J connectivity index is 1.31. The second-order valence-electron chi connectivity index (χ2n) is 6.43. The molecule has 4 rings (SSSR count). The van der Waals surface area contributed by atoms with Crippen LogP contribution in [0.3, 0.4) is 0 Å². The number of nitrogens with one attached hydrogen (secondary N) is 2. The summed E-state index contributed by atoms with van der Waals surface area (Å²) in [6.45, 7) is 0.302. The number of aromatic amines is 1. The highest BCUT2D eigenvalue weighted by Gasteiger charge is 2.07. The Labute approximate surface area is 155 Å². The molecule has 0 unspecified atom stereocenters. The lowest BCUT2D eigenvalue weighted by molar-refractivity contribution is -0.121. The highest BCUT2D eigenvalue weighted by molar-refractivity contribution is 5.80. The highest BCUT2D eigenvalue weighted by atomic mass is 19.1. The third-order valence-corrected chi connectivity index (χ3v) is 4.54. The summed E-state index contributed by atoms with van der Waals surface area (Å²) >= 11 is 0. The minimum atomic E-state index is -0.348. The van der Waals surface area contributed by atoms with E-state index in [0.29, 0.717) is 25.1 Å². The van der Waals surface area contributed by atoms with E-state index in [1.165, 1.54) is 6.07 Å². The average Bonchev–Trinajstić information content (AvgIpc) is 3.36. The summed E-state index contributed by atoms with van der Waals surface area (Å²) in [7, 11) is 0. The number of aryl methyl sites for hydroxylation is 1. The van der Waals surface area contributed by atoms with E-state index in [4.69, 9.17) is 0 Å². The summed E-state index contributed by atoms with van der Waals surface area (Å²) in [5.74, 6) is -0.400. The van der Waals surface area contributed by atoms with Crippen LogP contribution in [0.15, 0.2) is 67.4 Å². The summed E-state index contributed by atoms with van der Waals surface area (Å²) in [5.41, 5.74) is 3.36. The van der Waals surface area contributed by atoms with Gasteiger partial charge in [-0.3, -0.25) is 4.79 Å². The van der Waals surface area contributed by atoms with Crippen molar-refractivity contribution >= 4 is 16.8 Å². The van der Waals surface area contributed by atoms with Crippen LogP contribution in [0, 0.1) is 5.82 Å². The molecule has 0 atom stereocenters. The van der Waals surface area contributed by atoms with Crippen LogP contribution in [0.1, 0.15) is 17.5 Å². The molecule has 0 fully saturated rings. The number of aromatic nitrogens is 3. The van der Waals surface area contributed by atoms with E-state index in [1.807, 2.05) is 24.4 Å². The fraction of sp³-hybridized carbons (Fsp3) is 0.143. The number of hydrogen-bond donors (Lipinski definition) is 2. The maximum absolute atomic E-state index is 14.2. The number of H-pyrrole nitrogens is 1. The zero-order chi connectivity index (χ0) is 18.6. The molecule has 5 nitrogen and oxygen atoms in total. The molecule has 2 N–H and O–H groups in total. The molecule has 2 aromatic heterocycles. The first kappa shape index (κ1) is 17.0. The molecule has 0 saturated heterocycles. The van der Waals surface area contributed by atoms with Gasteiger partial charge >= 0.3 is 0 Å². The van der Waals surface area contributed by atoms with Gasteiger partial charge < -0.3 is 14.9 Å². The minimum absolute atomic E-state index is 0.0525. The molecule has 0 aliphatic heterocycles. The maximum Gasteiger partial charge on any atom is 0.220 e. The van der Waals surface area contributed by atoms with Crippen molar-refractivity contribution in [3.63, 3.8) is 0 Å². The smallest absolute Gasteiger partial charge is 0.220 e. The Morgan fingerprint density at radius 2 is 2.04 bits per heavy atom. The largest absolute Gasteiger partial charge is 0.361 e. The van der Waals surface area contributed by atoms with Gasteiger partial charge in [0.15, 0.2) is 0 Å². The summed E-state index contributed by atoms with van der Waals surface area (Å²) in [6.07, 6.45) is 7.79. The molecule has 0 saturated carbocycles. The molecule has 136 valence electrons. The predicted octanol–water partition coefficient (Wildman–Crippen LogP) is 3.74. The Bertz CT molecular complexity index is 1070. The van der Waals surface area contributed by atoms with Gasteiger partial charge in [-0.05, 0) is 53.3 Å². The van der Waals surface area contributed by atoms with Crippen molar-refractivity contribution in [2.24, 2.45) is 0 Å². The molecule has 0 aliphatic rings. The maximum atomic E-state index is 14.2. The number of carbonyl (C=O) groups is 1. The number of amides is 1. The topological polar surface area (TPSA) is 62.7 Å². The van der Waals surface area contributed by atoms with Crippen LogP contribution in [0.25, 0.3) is 16.6 Å². The fourth-order valence-electron chi connectivity index (χ4n) is 3.08. The molecule has 2 heterocycles. The fourth-order valence-corrected chi connectivity index (χ4v) is 3.08. The van der Waals surface area contributed by atoms with Gasteiger partial charge in [0.1, 0.15) is 5.82 Å². The molecule has 0 aliphatic carbocycles. The Morgan fingerprint density at radius 1 is 1.15 bits per heavy atom. The molecule has 0 spiro atoms. The molecule has 2 aromatic carbocycles. The second kappa shape index (κ2) is 7.45. The highest BCUT2D eigenvalue weighted by Crippen LogP contribution is 2.16. The lowest BCUT2D eigenvalue weighted by Crippen LogP contribution is -2.23. The number of hydrogen-bond acceptors (Lipinski definition) is 2. The molecule has 0 radical (unpaired) electrons. The van der Waals surface area contributed by atoms with Crippen LogP contribution in [0.2, 0.25) is 0 Å². The van der Waals surface area contributed by atoms with Gasteiger partial charge in [-0.25, -0.2) is 9.37 Å². The quantitative estimate of drug-likeness (QED) is 0.549. The molecule has 6 heteroatoms. The predicted molar refractivity (Wildman–Crippen MR) is 102 cm³/mol. The van der Waals surface area contributed by atoms with Gasteiger partial charge in [0.2, 0.25) is 5.91 Å². The second-order valence-corrected chi connectivity index (χ2v) is 6.43. The normalized spacial score (nSPS) is 11.0. The Kier molecular flexibility index (Phi) is 4.70. The van der Waals surface area contributed by atoms with Crippen LogP contribution in [0.5, 0.6) is 0 Å². The molecule has 1 amide bonds. The number of halogens is 1. The number of rotatable bonds is 6. The number of carbonyl (C=O) groups excluding carboxylic acids is 1. The summed E-state index contributed by atoms with van der Waals surface area (Å²) in [4.78, 5) is 19.2. The van der Waals surface area contributed by atoms with Crippen molar-refractivity contribution < 1.29 is 9.18 Å². The molecular weight excluding hydrogens is 343 g/mol. The minimum Gasteiger partial charge on any atom is -0.361 e. The van der Waals surface area contributed by atoms with Gasteiger partial charge in [0, 0.05) is 37.1 Å². The van der Waals surface area contributed by atoms with Gasteiger partial charge in [-0.1, -0.05) is 12.1 Å². The van der Waals surface area contributed by atoms with Crippen molar-refractivity contribution in [1.29, 1.82) is 0 Å². The standard InChI is InChI=1S/C21H19FN4O/c22-18-12-16(2-5-20(18)26-10-9-23-14-26)13-25-21(27)6-3-15-1-4-19-17(11-15)7-8-24-19/h1-2,4-5,7-12,14,24H,3,6,13H2,(H,25,27). The lowest BCUT2D eigenvalue weighted by atomic mass is 10.1. The number of benzene rings is 2. The molecular formula is C21H19FN4O. The van der Waals surface area contributed by atoms with E-state index < -0.39 is 0 Å². The van der Waals surface area contributed by atoms with E-state index in [2.05, 4.69) is 21.4 Å². The Morgan fingerprint density at radius 3 is 2.85 bits per heavy atom. The van der Waals surface area contributed by atoms with Crippen LogP contribution in [0.4, 0.5) is 4.39 Å². The van der Waals surface area contributed by atoms with Crippen LogP contribution >= 0.6 is 0 Å². The van der Waals surface area contributed by atoms with Crippen LogP contribution in [-0.4, -0.2) is 20.4 Å².